The summed E-state index contributed by atoms with van der Waals surface area (Å²) in [7, 11) is 3.56. The Morgan fingerprint density at radius 2 is 1.75 bits per heavy atom. The van der Waals surface area contributed by atoms with Crippen molar-refractivity contribution < 1.29 is 9.59 Å². The molecule has 1 saturated heterocycles. The number of likely N-dealkylation sites (tertiary alicyclic amines) is 1. The molecule has 1 fully saturated rings. The van der Waals surface area contributed by atoms with Crippen LogP contribution >= 0.6 is 0 Å². The fourth-order valence-corrected chi connectivity index (χ4v) is 2.77. The van der Waals surface area contributed by atoms with Crippen LogP contribution in [0.1, 0.15) is 39.5 Å². The van der Waals surface area contributed by atoms with Gasteiger partial charge in [-0.2, -0.15) is 0 Å². The van der Waals surface area contributed by atoms with Gasteiger partial charge in [-0.05, 0) is 32.2 Å². The first-order chi connectivity index (χ1) is 9.51. The van der Waals surface area contributed by atoms with Crippen LogP contribution in [0.15, 0.2) is 0 Å². The average molecular weight is 283 g/mol. The van der Waals surface area contributed by atoms with E-state index in [1.807, 2.05) is 9.80 Å². The zero-order valence-electron chi connectivity index (χ0n) is 13.4. The van der Waals surface area contributed by atoms with Gasteiger partial charge < -0.3 is 9.80 Å². The number of rotatable bonds is 7. The lowest BCUT2D eigenvalue weighted by Crippen LogP contribution is -2.47. The number of carbonyl (C=O) groups excluding carboxylic acids is 2. The van der Waals surface area contributed by atoms with Crippen molar-refractivity contribution in [1.82, 2.24) is 14.7 Å². The summed E-state index contributed by atoms with van der Waals surface area (Å²) in [6.45, 7) is 7.03. The highest BCUT2D eigenvalue weighted by atomic mass is 16.2. The Bertz CT molecular complexity index is 325. The molecule has 0 spiro atoms. The Kier molecular flexibility index (Phi) is 6.99. The van der Waals surface area contributed by atoms with Gasteiger partial charge in [-0.1, -0.05) is 13.8 Å². The van der Waals surface area contributed by atoms with Crippen molar-refractivity contribution in [3.8, 4) is 0 Å². The van der Waals surface area contributed by atoms with E-state index >= 15 is 0 Å². The minimum absolute atomic E-state index is 0.112. The molecule has 5 nitrogen and oxygen atoms in total. The van der Waals surface area contributed by atoms with Gasteiger partial charge in [0.05, 0.1) is 12.6 Å². The second-order valence-corrected chi connectivity index (χ2v) is 5.74. The van der Waals surface area contributed by atoms with Crippen LogP contribution in [-0.2, 0) is 9.59 Å². The van der Waals surface area contributed by atoms with Crippen LogP contribution in [0.3, 0.4) is 0 Å². The summed E-state index contributed by atoms with van der Waals surface area (Å²) in [6.07, 6.45) is 3.82. The summed E-state index contributed by atoms with van der Waals surface area (Å²) in [4.78, 5) is 30.1. The Hall–Kier alpha value is -1.10. The van der Waals surface area contributed by atoms with E-state index in [-0.39, 0.29) is 17.9 Å². The van der Waals surface area contributed by atoms with Crippen LogP contribution in [0, 0.1) is 0 Å². The molecule has 0 aromatic carbocycles. The Labute approximate surface area is 122 Å². The van der Waals surface area contributed by atoms with Gasteiger partial charge in [0.2, 0.25) is 11.8 Å². The van der Waals surface area contributed by atoms with Gasteiger partial charge in [-0.25, -0.2) is 0 Å². The predicted molar refractivity (Wildman–Crippen MR) is 80.5 cm³/mol. The average Bonchev–Trinajstić information content (AvgIpc) is 2.85. The molecular weight excluding hydrogens is 254 g/mol. The first kappa shape index (κ1) is 17.0. The number of amides is 2. The van der Waals surface area contributed by atoms with E-state index in [0.29, 0.717) is 6.54 Å². The number of nitrogens with zero attached hydrogens (tertiary/aromatic N) is 3. The van der Waals surface area contributed by atoms with Crippen LogP contribution in [0.5, 0.6) is 0 Å². The maximum Gasteiger partial charge on any atom is 0.239 e. The Morgan fingerprint density at radius 1 is 1.15 bits per heavy atom. The highest BCUT2D eigenvalue weighted by Gasteiger charge is 2.33. The molecule has 0 N–H and O–H groups in total. The van der Waals surface area contributed by atoms with Crippen molar-refractivity contribution in [3.05, 3.63) is 0 Å². The number of likely N-dealkylation sites (N-methyl/N-ethyl adjacent to an activating group) is 1. The molecule has 0 unspecified atom stereocenters. The molecule has 1 heterocycles. The van der Waals surface area contributed by atoms with E-state index in [0.717, 1.165) is 45.3 Å². The lowest BCUT2D eigenvalue weighted by atomic mass is 10.2. The third-order valence-electron chi connectivity index (χ3n) is 3.77. The highest BCUT2D eigenvalue weighted by molar-refractivity contribution is 5.83. The molecule has 5 heteroatoms. The van der Waals surface area contributed by atoms with Crippen LogP contribution < -0.4 is 0 Å². The lowest BCUT2D eigenvalue weighted by Gasteiger charge is -2.28. The van der Waals surface area contributed by atoms with Crippen molar-refractivity contribution in [2.45, 2.75) is 45.6 Å². The van der Waals surface area contributed by atoms with Gasteiger partial charge in [0.15, 0.2) is 0 Å². The van der Waals surface area contributed by atoms with Crippen LogP contribution in [0.4, 0.5) is 0 Å². The largest absolute Gasteiger partial charge is 0.347 e. The summed E-state index contributed by atoms with van der Waals surface area (Å²) < 4.78 is 0. The fraction of sp³-hybridized carbons (Fsp3) is 0.867. The molecule has 1 atom stereocenters. The number of carbonyl (C=O) groups is 2. The van der Waals surface area contributed by atoms with Crippen LogP contribution in [0.25, 0.3) is 0 Å². The second-order valence-electron chi connectivity index (χ2n) is 5.74. The van der Waals surface area contributed by atoms with E-state index in [4.69, 9.17) is 0 Å². The molecule has 0 saturated carbocycles. The number of hydrogen-bond acceptors (Lipinski definition) is 3. The summed E-state index contributed by atoms with van der Waals surface area (Å²) in [5.74, 6) is 0.278. The first-order valence-electron chi connectivity index (χ1n) is 7.74. The Morgan fingerprint density at radius 3 is 2.25 bits per heavy atom. The van der Waals surface area contributed by atoms with E-state index < -0.39 is 0 Å². The van der Waals surface area contributed by atoms with Crippen molar-refractivity contribution in [2.75, 3.05) is 40.3 Å². The van der Waals surface area contributed by atoms with Gasteiger partial charge in [0.25, 0.3) is 0 Å². The predicted octanol–water partition coefficient (Wildman–Crippen LogP) is 1.19. The van der Waals surface area contributed by atoms with Gasteiger partial charge in [-0.3, -0.25) is 14.5 Å². The molecule has 0 bridgehead atoms. The van der Waals surface area contributed by atoms with Gasteiger partial charge in [-0.15, -0.1) is 0 Å². The minimum atomic E-state index is -0.112. The zero-order chi connectivity index (χ0) is 15.1. The van der Waals surface area contributed by atoms with E-state index in [9.17, 15) is 9.59 Å². The van der Waals surface area contributed by atoms with Gasteiger partial charge in [0, 0.05) is 27.2 Å². The molecule has 0 aliphatic carbocycles. The maximum absolute atomic E-state index is 12.4. The molecule has 1 aliphatic heterocycles. The SMILES string of the molecule is CCCN(CCC)C(=O)CN1CCC[C@@H]1C(=O)N(C)C. The fourth-order valence-electron chi connectivity index (χ4n) is 2.77. The van der Waals surface area contributed by atoms with Crippen molar-refractivity contribution in [3.63, 3.8) is 0 Å². The molecular formula is C15H29N3O2. The molecule has 20 heavy (non-hydrogen) atoms. The van der Waals surface area contributed by atoms with Crippen LogP contribution in [0.2, 0.25) is 0 Å². The third kappa shape index (κ3) is 4.47. The monoisotopic (exact) mass is 283 g/mol. The minimum Gasteiger partial charge on any atom is -0.347 e. The number of hydrogen-bond donors (Lipinski definition) is 0. The molecule has 0 radical (unpaired) electrons. The van der Waals surface area contributed by atoms with E-state index in [2.05, 4.69) is 13.8 Å². The smallest absolute Gasteiger partial charge is 0.239 e. The topological polar surface area (TPSA) is 43.9 Å². The normalized spacial score (nSPS) is 19.1. The molecule has 0 aromatic heterocycles. The zero-order valence-corrected chi connectivity index (χ0v) is 13.4. The molecule has 116 valence electrons. The summed E-state index contributed by atoms with van der Waals surface area (Å²) in [6, 6.07) is -0.112. The first-order valence-corrected chi connectivity index (χ1v) is 7.74. The van der Waals surface area contributed by atoms with Crippen molar-refractivity contribution in [1.29, 1.82) is 0 Å². The van der Waals surface area contributed by atoms with Crippen LogP contribution in [-0.4, -0.2) is 72.8 Å². The van der Waals surface area contributed by atoms with Gasteiger partial charge >= 0.3 is 0 Å². The summed E-state index contributed by atoms with van der Waals surface area (Å²) >= 11 is 0. The molecule has 2 amide bonds. The van der Waals surface area contributed by atoms with Crippen molar-refractivity contribution in [2.24, 2.45) is 0 Å². The highest BCUT2D eigenvalue weighted by Crippen LogP contribution is 2.18. The molecule has 0 aromatic rings. The second kappa shape index (κ2) is 8.25. The van der Waals surface area contributed by atoms with Gasteiger partial charge in [0.1, 0.15) is 0 Å². The maximum atomic E-state index is 12.4. The van der Waals surface area contributed by atoms with E-state index in [1.54, 1.807) is 19.0 Å². The molecule has 1 aliphatic rings. The summed E-state index contributed by atoms with van der Waals surface area (Å²) in [5, 5.41) is 0. The summed E-state index contributed by atoms with van der Waals surface area (Å²) in [5.41, 5.74) is 0. The quantitative estimate of drug-likeness (QED) is 0.705. The third-order valence-corrected chi connectivity index (χ3v) is 3.77. The Balaban J connectivity index is 2.60. The molecule has 1 rings (SSSR count). The lowest BCUT2D eigenvalue weighted by molar-refractivity contribution is -0.137. The standard InChI is InChI=1S/C15H29N3O2/c1-5-9-17(10-6-2)14(19)12-18-11-7-8-13(18)15(20)16(3)4/h13H,5-12H2,1-4H3/t13-/m1/s1. The van der Waals surface area contributed by atoms with E-state index in [1.165, 1.54) is 0 Å². The van der Waals surface area contributed by atoms with Crippen molar-refractivity contribution >= 4 is 11.8 Å².